The number of hydrogen-bond donors (Lipinski definition) is 1. The fourth-order valence-corrected chi connectivity index (χ4v) is 0.527. The van der Waals surface area contributed by atoms with E-state index in [0.29, 0.717) is 0 Å². The minimum absolute atomic E-state index is 0.833. The summed E-state index contributed by atoms with van der Waals surface area (Å²) in [6.07, 6.45) is 1.77. The lowest BCUT2D eigenvalue weighted by Crippen LogP contribution is -1.78. The smallest absolute Gasteiger partial charge is 0.300 e. The van der Waals surface area contributed by atoms with E-state index < -0.39 is 5.97 Å². The molecule has 0 unspecified atom stereocenters. The van der Waals surface area contributed by atoms with Crippen LogP contribution in [0, 0.1) is 0 Å². The predicted octanol–water partition coefficient (Wildman–Crippen LogP) is 1.23. The van der Waals surface area contributed by atoms with Crippen molar-refractivity contribution in [3.8, 4) is 0 Å². The molecular weight excluding hydrogens is 138 g/mol. The first-order valence-electron chi connectivity index (χ1n) is 2.25. The van der Waals surface area contributed by atoms with Crippen molar-refractivity contribution < 1.29 is 9.90 Å². The van der Waals surface area contributed by atoms with Crippen LogP contribution in [-0.4, -0.2) is 16.1 Å². The summed E-state index contributed by atoms with van der Waals surface area (Å²) in [5.74, 6) is -0.833. The Morgan fingerprint density at radius 1 is 1.78 bits per heavy atom. The molecule has 1 heterocycles. The van der Waals surface area contributed by atoms with Crippen LogP contribution in [0.1, 0.15) is 6.92 Å². The van der Waals surface area contributed by atoms with Gasteiger partial charge < -0.3 is 5.11 Å². The van der Waals surface area contributed by atoms with Gasteiger partial charge in [-0.05, 0) is 0 Å². The molecule has 1 rings (SSSR count). The number of nitrogens with zero attached hydrogens (tertiary/aromatic N) is 1. The number of carboxylic acids is 1. The van der Waals surface area contributed by atoms with E-state index >= 15 is 0 Å². The highest BCUT2D eigenvalue weighted by atomic mass is 32.1. The molecule has 0 aliphatic rings. The minimum atomic E-state index is -0.833. The summed E-state index contributed by atoms with van der Waals surface area (Å²) in [5.41, 5.74) is 1.79. The lowest BCUT2D eigenvalue weighted by atomic mass is 10.9. The topological polar surface area (TPSA) is 50.2 Å². The van der Waals surface area contributed by atoms with Crippen LogP contribution in [0.2, 0.25) is 0 Å². The molecule has 3 nitrogen and oxygen atoms in total. The minimum Gasteiger partial charge on any atom is -0.481 e. The molecule has 4 heteroatoms. The predicted molar refractivity (Wildman–Crippen MR) is 35.4 cm³/mol. The Morgan fingerprint density at radius 3 is 2.44 bits per heavy atom. The van der Waals surface area contributed by atoms with Crippen molar-refractivity contribution in [1.82, 2.24) is 4.98 Å². The Labute approximate surface area is 57.0 Å². The summed E-state index contributed by atoms with van der Waals surface area (Å²) in [7, 11) is 0. The van der Waals surface area contributed by atoms with Gasteiger partial charge in [0.25, 0.3) is 5.97 Å². The average molecular weight is 145 g/mol. The number of carboxylic acid groups (broad SMARTS) is 1. The number of thiazole rings is 1. The fraction of sp³-hybridized carbons (Fsp3) is 0.200. The summed E-state index contributed by atoms with van der Waals surface area (Å²) in [6, 6.07) is 0. The van der Waals surface area contributed by atoms with Crippen molar-refractivity contribution in [3.05, 3.63) is 17.1 Å². The molecular formula is C5H7NO2S. The first kappa shape index (κ1) is 8.10. The van der Waals surface area contributed by atoms with E-state index in [9.17, 15) is 0 Å². The largest absolute Gasteiger partial charge is 0.481 e. The third-order valence-corrected chi connectivity index (χ3v) is 0.869. The van der Waals surface area contributed by atoms with E-state index in [0.717, 1.165) is 6.92 Å². The monoisotopic (exact) mass is 145 g/mol. The van der Waals surface area contributed by atoms with Gasteiger partial charge in [0.15, 0.2) is 0 Å². The highest BCUT2D eigenvalue weighted by Crippen LogP contribution is 1.85. The van der Waals surface area contributed by atoms with Gasteiger partial charge in [-0.25, -0.2) is 0 Å². The molecule has 0 bridgehead atoms. The normalized spacial score (nSPS) is 7.22. The summed E-state index contributed by atoms with van der Waals surface area (Å²) in [5, 5.41) is 9.35. The van der Waals surface area contributed by atoms with Crippen LogP contribution >= 0.6 is 11.3 Å². The van der Waals surface area contributed by atoms with Crippen molar-refractivity contribution in [1.29, 1.82) is 0 Å². The van der Waals surface area contributed by atoms with Crippen molar-refractivity contribution in [2.24, 2.45) is 0 Å². The third-order valence-electron chi connectivity index (χ3n) is 0.347. The molecule has 0 aliphatic heterocycles. The van der Waals surface area contributed by atoms with Gasteiger partial charge >= 0.3 is 0 Å². The van der Waals surface area contributed by atoms with Crippen LogP contribution in [0.25, 0.3) is 0 Å². The second kappa shape index (κ2) is 5.24. The quantitative estimate of drug-likeness (QED) is 0.597. The molecule has 1 aromatic rings. The summed E-state index contributed by atoms with van der Waals surface area (Å²) in [4.78, 5) is 12.7. The van der Waals surface area contributed by atoms with Gasteiger partial charge in [0.05, 0.1) is 5.51 Å². The van der Waals surface area contributed by atoms with E-state index in [1.54, 1.807) is 23.0 Å². The molecule has 0 atom stereocenters. The van der Waals surface area contributed by atoms with E-state index in [4.69, 9.17) is 9.90 Å². The third kappa shape index (κ3) is 11.0. The van der Waals surface area contributed by atoms with Crippen molar-refractivity contribution >= 4 is 17.3 Å². The van der Waals surface area contributed by atoms with Crippen LogP contribution < -0.4 is 0 Å². The van der Waals surface area contributed by atoms with Gasteiger partial charge in [0.1, 0.15) is 0 Å². The Morgan fingerprint density at radius 2 is 2.33 bits per heavy atom. The Bertz CT molecular complexity index is 129. The fourth-order valence-electron chi connectivity index (χ4n) is 0.176. The van der Waals surface area contributed by atoms with E-state index in [1.807, 2.05) is 5.38 Å². The van der Waals surface area contributed by atoms with Crippen LogP contribution in [0.4, 0.5) is 0 Å². The molecule has 0 saturated carbocycles. The molecule has 0 amide bonds. The standard InChI is InChI=1S/C3H3NS.C2H4O2/c1-2-5-3-4-1;1-2(3)4/h1-3H;1H3,(H,3,4). The van der Waals surface area contributed by atoms with Gasteiger partial charge in [0.2, 0.25) is 0 Å². The van der Waals surface area contributed by atoms with E-state index in [2.05, 4.69) is 4.98 Å². The summed E-state index contributed by atoms with van der Waals surface area (Å²) < 4.78 is 0. The number of hydrogen-bond acceptors (Lipinski definition) is 3. The maximum atomic E-state index is 9.00. The molecule has 0 radical (unpaired) electrons. The van der Waals surface area contributed by atoms with E-state index in [-0.39, 0.29) is 0 Å². The van der Waals surface area contributed by atoms with Crippen molar-refractivity contribution in [3.63, 3.8) is 0 Å². The Hall–Kier alpha value is -0.900. The molecule has 0 fully saturated rings. The highest BCUT2D eigenvalue weighted by molar-refractivity contribution is 7.07. The van der Waals surface area contributed by atoms with Crippen LogP contribution in [0.15, 0.2) is 17.1 Å². The molecule has 0 saturated heterocycles. The molecule has 1 aromatic heterocycles. The molecule has 0 spiro atoms. The lowest BCUT2D eigenvalue weighted by molar-refractivity contribution is -0.134. The molecule has 50 valence electrons. The van der Waals surface area contributed by atoms with Crippen LogP contribution in [-0.2, 0) is 4.79 Å². The van der Waals surface area contributed by atoms with E-state index in [1.165, 1.54) is 0 Å². The first-order chi connectivity index (χ1) is 4.23. The maximum Gasteiger partial charge on any atom is 0.300 e. The Balaban J connectivity index is 0.000000148. The first-order valence-corrected chi connectivity index (χ1v) is 3.19. The van der Waals surface area contributed by atoms with Gasteiger partial charge in [-0.1, -0.05) is 0 Å². The molecule has 1 N–H and O–H groups in total. The van der Waals surface area contributed by atoms with Crippen LogP contribution in [0.5, 0.6) is 0 Å². The van der Waals surface area contributed by atoms with Gasteiger partial charge in [-0.15, -0.1) is 11.3 Å². The van der Waals surface area contributed by atoms with Gasteiger partial charge in [-0.3, -0.25) is 9.78 Å². The second-order valence-corrected chi connectivity index (χ2v) is 1.95. The van der Waals surface area contributed by atoms with Crippen molar-refractivity contribution in [2.75, 3.05) is 0 Å². The molecule has 0 aromatic carbocycles. The van der Waals surface area contributed by atoms with Crippen LogP contribution in [0.3, 0.4) is 0 Å². The second-order valence-electron chi connectivity index (χ2n) is 1.19. The molecule has 0 aliphatic carbocycles. The molecule has 9 heavy (non-hydrogen) atoms. The maximum absolute atomic E-state index is 9.00. The Kier molecular flexibility index (Phi) is 4.72. The zero-order chi connectivity index (χ0) is 7.11. The lowest BCUT2D eigenvalue weighted by Gasteiger charge is -1.59. The van der Waals surface area contributed by atoms with Crippen molar-refractivity contribution in [2.45, 2.75) is 6.92 Å². The average Bonchev–Trinajstić information content (AvgIpc) is 2.11. The number of aromatic nitrogens is 1. The highest BCUT2D eigenvalue weighted by Gasteiger charge is 1.65. The number of aliphatic carboxylic acids is 1. The number of rotatable bonds is 0. The zero-order valence-corrected chi connectivity index (χ0v) is 5.76. The number of carbonyl (C=O) groups is 1. The summed E-state index contributed by atoms with van der Waals surface area (Å²) >= 11 is 1.60. The zero-order valence-electron chi connectivity index (χ0n) is 4.94. The SMILES string of the molecule is CC(=O)O.c1cscn1. The van der Waals surface area contributed by atoms with Gasteiger partial charge in [0, 0.05) is 18.5 Å². The summed E-state index contributed by atoms with van der Waals surface area (Å²) in [6.45, 7) is 1.08. The van der Waals surface area contributed by atoms with Gasteiger partial charge in [-0.2, -0.15) is 0 Å².